The maximum Gasteiger partial charge on any atom is 0.329 e. The van der Waals surface area contributed by atoms with Crippen molar-refractivity contribution in [3.8, 4) is 17.2 Å². The number of carbonyl (C=O) groups is 2. The molecule has 3 aromatic carbocycles. The van der Waals surface area contributed by atoms with Crippen molar-refractivity contribution in [2.45, 2.75) is 6.61 Å². The number of hydrazone groups is 1. The fraction of sp³-hybridized carbons (Fsp3) is 0.125. The standard InChI is InChI=1S/C24H22FN3O5/c1-31-19-10-8-18(9-11-19)27-23(29)24(30)28-26-14-16-7-12-21(22(13-16)32-2)33-15-17-5-3-4-6-20(17)25/h3-14H,15H2,1-2H3,(H,27,29)(H,28,30)/b26-14+. The molecule has 0 heterocycles. The van der Waals surface area contributed by atoms with Gasteiger partial charge in [-0.2, -0.15) is 5.10 Å². The highest BCUT2D eigenvalue weighted by Gasteiger charge is 2.13. The Hall–Kier alpha value is -4.40. The van der Waals surface area contributed by atoms with Crippen LogP contribution in [0.2, 0.25) is 0 Å². The van der Waals surface area contributed by atoms with Crippen molar-refractivity contribution in [2.24, 2.45) is 5.10 Å². The Morgan fingerprint density at radius 3 is 2.39 bits per heavy atom. The predicted octanol–water partition coefficient (Wildman–Crippen LogP) is 3.51. The third kappa shape index (κ3) is 6.54. The molecule has 9 heteroatoms. The van der Waals surface area contributed by atoms with Gasteiger partial charge in [-0.05, 0) is 54.1 Å². The summed E-state index contributed by atoms with van der Waals surface area (Å²) < 4.78 is 29.8. The second kappa shape index (κ2) is 11.3. The van der Waals surface area contributed by atoms with Gasteiger partial charge < -0.3 is 19.5 Å². The summed E-state index contributed by atoms with van der Waals surface area (Å²) in [6, 6.07) is 17.8. The number of methoxy groups -OCH3 is 2. The van der Waals surface area contributed by atoms with E-state index in [0.717, 1.165) is 0 Å². The van der Waals surface area contributed by atoms with Crippen molar-refractivity contribution in [1.29, 1.82) is 0 Å². The fourth-order valence-electron chi connectivity index (χ4n) is 2.73. The second-order valence-corrected chi connectivity index (χ2v) is 6.67. The Balaban J connectivity index is 1.55. The normalized spacial score (nSPS) is 10.5. The highest BCUT2D eigenvalue weighted by Crippen LogP contribution is 2.28. The largest absolute Gasteiger partial charge is 0.497 e. The third-order valence-electron chi connectivity index (χ3n) is 4.46. The van der Waals surface area contributed by atoms with Crippen molar-refractivity contribution >= 4 is 23.7 Å². The number of nitrogens with zero attached hydrogens (tertiary/aromatic N) is 1. The van der Waals surface area contributed by atoms with Crippen LogP contribution in [0.4, 0.5) is 10.1 Å². The molecule has 0 aliphatic rings. The number of amides is 2. The van der Waals surface area contributed by atoms with Gasteiger partial charge in [0, 0.05) is 11.3 Å². The van der Waals surface area contributed by atoms with Crippen LogP contribution in [-0.2, 0) is 16.2 Å². The van der Waals surface area contributed by atoms with E-state index in [1.54, 1.807) is 60.7 Å². The minimum atomic E-state index is -0.932. The quantitative estimate of drug-likeness (QED) is 0.310. The minimum Gasteiger partial charge on any atom is -0.497 e. The molecular weight excluding hydrogens is 429 g/mol. The maximum atomic E-state index is 13.8. The Morgan fingerprint density at radius 1 is 0.939 bits per heavy atom. The lowest BCUT2D eigenvalue weighted by molar-refractivity contribution is -0.136. The first-order valence-corrected chi connectivity index (χ1v) is 9.83. The fourth-order valence-corrected chi connectivity index (χ4v) is 2.73. The van der Waals surface area contributed by atoms with Crippen LogP contribution in [0.25, 0.3) is 0 Å². The van der Waals surface area contributed by atoms with Gasteiger partial charge in [0.25, 0.3) is 0 Å². The molecule has 0 fully saturated rings. The summed E-state index contributed by atoms with van der Waals surface area (Å²) in [7, 11) is 3.00. The lowest BCUT2D eigenvalue weighted by Crippen LogP contribution is -2.32. The molecule has 0 aliphatic carbocycles. The average molecular weight is 451 g/mol. The lowest BCUT2D eigenvalue weighted by Gasteiger charge is -2.11. The number of hydrogen-bond donors (Lipinski definition) is 2. The molecule has 0 saturated carbocycles. The monoisotopic (exact) mass is 451 g/mol. The molecule has 170 valence electrons. The average Bonchev–Trinajstić information content (AvgIpc) is 2.84. The van der Waals surface area contributed by atoms with Crippen LogP contribution < -0.4 is 25.0 Å². The zero-order valence-electron chi connectivity index (χ0n) is 18.0. The minimum absolute atomic E-state index is 0.0375. The van der Waals surface area contributed by atoms with Gasteiger partial charge in [-0.3, -0.25) is 9.59 Å². The number of carbonyl (C=O) groups excluding carboxylic acids is 2. The Labute approximate surface area is 190 Å². The molecule has 33 heavy (non-hydrogen) atoms. The number of anilines is 1. The molecule has 0 aromatic heterocycles. The van der Waals surface area contributed by atoms with E-state index in [1.807, 2.05) is 0 Å². The van der Waals surface area contributed by atoms with Crippen LogP contribution in [0.5, 0.6) is 17.2 Å². The van der Waals surface area contributed by atoms with E-state index in [4.69, 9.17) is 14.2 Å². The van der Waals surface area contributed by atoms with Crippen molar-refractivity contribution in [1.82, 2.24) is 5.43 Å². The molecule has 0 spiro atoms. The summed E-state index contributed by atoms with van der Waals surface area (Å²) in [6.07, 6.45) is 1.35. The van der Waals surface area contributed by atoms with Crippen molar-refractivity contribution in [2.75, 3.05) is 19.5 Å². The summed E-state index contributed by atoms with van der Waals surface area (Å²) in [6.45, 7) is 0.0375. The number of hydrogen-bond acceptors (Lipinski definition) is 6. The number of halogens is 1. The Kier molecular flexibility index (Phi) is 7.96. The summed E-state index contributed by atoms with van der Waals surface area (Å²) in [5.74, 6) is -0.710. The van der Waals surface area contributed by atoms with Crippen molar-refractivity contribution in [3.63, 3.8) is 0 Å². The molecule has 0 saturated heterocycles. The smallest absolute Gasteiger partial charge is 0.329 e. The zero-order valence-corrected chi connectivity index (χ0v) is 18.0. The molecule has 0 aliphatic heterocycles. The first-order chi connectivity index (χ1) is 16.0. The van der Waals surface area contributed by atoms with Gasteiger partial charge in [0.05, 0.1) is 20.4 Å². The van der Waals surface area contributed by atoms with Crippen LogP contribution in [-0.4, -0.2) is 32.2 Å². The summed E-state index contributed by atoms with van der Waals surface area (Å²) in [5.41, 5.74) is 3.60. The topological polar surface area (TPSA) is 98.2 Å². The first-order valence-electron chi connectivity index (χ1n) is 9.83. The molecular formula is C24H22FN3O5. The van der Waals surface area contributed by atoms with Gasteiger partial charge >= 0.3 is 11.8 Å². The van der Waals surface area contributed by atoms with E-state index < -0.39 is 11.8 Å². The predicted molar refractivity (Wildman–Crippen MR) is 121 cm³/mol. The van der Waals surface area contributed by atoms with E-state index in [-0.39, 0.29) is 12.4 Å². The highest BCUT2D eigenvalue weighted by atomic mass is 19.1. The number of benzene rings is 3. The van der Waals surface area contributed by atoms with Crippen LogP contribution in [0.3, 0.4) is 0 Å². The number of rotatable bonds is 8. The van der Waals surface area contributed by atoms with Crippen LogP contribution in [0.1, 0.15) is 11.1 Å². The Bertz CT molecular complexity index is 1150. The number of nitrogens with one attached hydrogen (secondary N) is 2. The highest BCUT2D eigenvalue weighted by molar-refractivity contribution is 6.39. The second-order valence-electron chi connectivity index (χ2n) is 6.67. The van der Waals surface area contributed by atoms with Gasteiger partial charge in [-0.1, -0.05) is 18.2 Å². The molecule has 0 radical (unpaired) electrons. The molecule has 8 nitrogen and oxygen atoms in total. The Morgan fingerprint density at radius 2 is 1.70 bits per heavy atom. The number of ether oxygens (including phenoxy) is 3. The summed E-state index contributed by atoms with van der Waals surface area (Å²) >= 11 is 0. The molecule has 0 atom stereocenters. The molecule has 2 amide bonds. The zero-order chi connectivity index (χ0) is 23.6. The van der Waals surface area contributed by atoms with Gasteiger partial charge in [-0.25, -0.2) is 9.82 Å². The van der Waals surface area contributed by atoms with Gasteiger partial charge in [0.15, 0.2) is 11.5 Å². The molecule has 3 aromatic rings. The van der Waals surface area contributed by atoms with Gasteiger partial charge in [0.2, 0.25) is 0 Å². The van der Waals surface area contributed by atoms with E-state index in [1.165, 1.54) is 26.5 Å². The van der Waals surface area contributed by atoms with Crippen molar-refractivity contribution < 1.29 is 28.2 Å². The SMILES string of the molecule is COc1ccc(NC(=O)C(=O)N/N=C/c2ccc(OCc3ccccc3F)c(OC)c2)cc1. The van der Waals surface area contributed by atoms with Gasteiger partial charge in [0.1, 0.15) is 18.2 Å². The molecule has 2 N–H and O–H groups in total. The van der Waals surface area contributed by atoms with Crippen LogP contribution >= 0.6 is 0 Å². The van der Waals surface area contributed by atoms with Crippen molar-refractivity contribution in [3.05, 3.63) is 83.7 Å². The lowest BCUT2D eigenvalue weighted by atomic mass is 10.2. The molecule has 0 bridgehead atoms. The molecule has 3 rings (SSSR count). The summed E-state index contributed by atoms with van der Waals surface area (Å²) in [5, 5.41) is 6.25. The maximum absolute atomic E-state index is 13.8. The van der Waals surface area contributed by atoms with E-state index in [9.17, 15) is 14.0 Å². The van der Waals surface area contributed by atoms with E-state index in [0.29, 0.717) is 34.1 Å². The van der Waals surface area contributed by atoms with Gasteiger partial charge in [-0.15, -0.1) is 0 Å². The molecule has 0 unspecified atom stereocenters. The first kappa shape index (κ1) is 23.3. The third-order valence-corrected chi connectivity index (χ3v) is 4.46. The van der Waals surface area contributed by atoms with E-state index in [2.05, 4.69) is 15.8 Å². The van der Waals surface area contributed by atoms with Crippen LogP contribution in [0.15, 0.2) is 71.8 Å². The van der Waals surface area contributed by atoms with Crippen LogP contribution in [0, 0.1) is 5.82 Å². The van der Waals surface area contributed by atoms with E-state index >= 15 is 0 Å². The summed E-state index contributed by atoms with van der Waals surface area (Å²) in [4.78, 5) is 23.9.